The Hall–Kier alpha value is -3.62. The van der Waals surface area contributed by atoms with Crippen LogP contribution in [0.3, 0.4) is 0 Å². The van der Waals surface area contributed by atoms with Crippen LogP contribution in [0.15, 0.2) is 77.7 Å². The van der Waals surface area contributed by atoms with E-state index in [0.29, 0.717) is 16.9 Å². The van der Waals surface area contributed by atoms with Gasteiger partial charge >= 0.3 is 0 Å². The van der Waals surface area contributed by atoms with E-state index in [1.807, 2.05) is 32.0 Å². The first-order valence-electron chi connectivity index (χ1n) is 13.0. The monoisotopic (exact) mass is 596 g/mol. The molecule has 0 saturated carbocycles. The number of nitrogens with one attached hydrogen (secondary N) is 2. The van der Waals surface area contributed by atoms with Gasteiger partial charge in [0, 0.05) is 17.3 Å². The molecule has 41 heavy (non-hydrogen) atoms. The fraction of sp³-hybridized carbons (Fsp3) is 0.267. The average Bonchev–Trinajstić information content (AvgIpc) is 2.90. The van der Waals surface area contributed by atoms with Gasteiger partial charge in [0.05, 0.1) is 22.5 Å². The lowest BCUT2D eigenvalue weighted by molar-refractivity contribution is 0.0286. The molecule has 3 aromatic carbocycles. The van der Waals surface area contributed by atoms with Crippen LogP contribution in [0.25, 0.3) is 11.3 Å². The van der Waals surface area contributed by atoms with Gasteiger partial charge in [0.15, 0.2) is 0 Å². The molecule has 0 radical (unpaired) electrons. The number of benzene rings is 3. The van der Waals surface area contributed by atoms with E-state index in [4.69, 9.17) is 4.74 Å². The SMILES string of the molecule is Cc1cccc(C)c1-c1cc2nc(n1)NS(=O)(=O)c1cccc(c1)NC[C@@H](c1ccc(C(C)(C)C(F)(F)P)cc1)O2. The van der Waals surface area contributed by atoms with Gasteiger partial charge in [-0.2, -0.15) is 4.98 Å². The van der Waals surface area contributed by atoms with E-state index in [2.05, 4.69) is 20.0 Å². The maximum atomic E-state index is 14.3. The molecule has 0 fully saturated rings. The minimum absolute atomic E-state index is 0.0492. The van der Waals surface area contributed by atoms with Gasteiger partial charge in [0.25, 0.3) is 15.7 Å². The predicted molar refractivity (Wildman–Crippen MR) is 160 cm³/mol. The first kappa shape index (κ1) is 28.9. The molecule has 11 heteroatoms. The van der Waals surface area contributed by atoms with Crippen LogP contribution in [0.1, 0.15) is 42.2 Å². The number of alkyl halides is 2. The Morgan fingerprint density at radius 2 is 1.61 bits per heavy atom. The van der Waals surface area contributed by atoms with E-state index in [1.54, 1.807) is 51.7 Å². The van der Waals surface area contributed by atoms with Crippen molar-refractivity contribution < 1.29 is 21.9 Å². The van der Waals surface area contributed by atoms with Gasteiger partial charge < -0.3 is 10.1 Å². The zero-order valence-electron chi connectivity index (χ0n) is 23.1. The third-order valence-electron chi connectivity index (χ3n) is 7.40. The Balaban J connectivity index is 1.62. The Morgan fingerprint density at radius 1 is 0.951 bits per heavy atom. The van der Waals surface area contributed by atoms with Gasteiger partial charge in [0.1, 0.15) is 6.10 Å². The summed E-state index contributed by atoms with van der Waals surface area (Å²) in [4.78, 5) is 9.00. The normalized spacial score (nSPS) is 16.8. The molecule has 2 N–H and O–H groups in total. The lowest BCUT2D eigenvalue weighted by Gasteiger charge is -2.32. The Bertz CT molecular complexity index is 1690. The van der Waals surface area contributed by atoms with Gasteiger partial charge in [-0.3, -0.25) is 0 Å². The van der Waals surface area contributed by atoms with Gasteiger partial charge in [-0.05, 0) is 68.1 Å². The third-order valence-corrected chi connectivity index (χ3v) is 9.45. The van der Waals surface area contributed by atoms with Crippen LogP contribution in [0.2, 0.25) is 0 Å². The topological polar surface area (TPSA) is 93.2 Å². The molecule has 2 heterocycles. The van der Waals surface area contributed by atoms with Gasteiger partial charge in [-0.15, -0.1) is 0 Å². The molecule has 1 aliphatic heterocycles. The van der Waals surface area contributed by atoms with Crippen molar-refractivity contribution in [3.63, 3.8) is 0 Å². The smallest absolute Gasteiger partial charge is 0.267 e. The fourth-order valence-corrected chi connectivity index (χ4v) is 5.88. The molecule has 1 aromatic heterocycles. The standard InChI is InChI=1S/C30H31F2N4O3PS/c1-18-7-5-8-19(2)27(18)24-16-26-35-28(34-24)36-41(37,38)23-10-6-9-22(15-23)33-17-25(39-26)20-11-13-21(14-12-20)29(3,4)30(31,32)40/h5-16,25,33H,17,40H2,1-4H3,(H,34,35,36)/t25-/m0/s1. The largest absolute Gasteiger partial charge is 0.467 e. The molecule has 1 unspecified atom stereocenters. The van der Waals surface area contributed by atoms with Crippen molar-refractivity contribution in [2.45, 2.75) is 49.8 Å². The van der Waals surface area contributed by atoms with Gasteiger partial charge in [-0.25, -0.2) is 26.9 Å². The maximum Gasteiger partial charge on any atom is 0.267 e. The van der Waals surface area contributed by atoms with E-state index in [0.717, 1.165) is 22.3 Å². The van der Waals surface area contributed by atoms with Gasteiger partial charge in [0.2, 0.25) is 11.8 Å². The third kappa shape index (κ3) is 5.90. The number of aromatic nitrogens is 2. The van der Waals surface area contributed by atoms with Gasteiger partial charge in [-0.1, -0.05) is 57.8 Å². The quantitative estimate of drug-likeness (QED) is 0.250. The zero-order valence-corrected chi connectivity index (χ0v) is 25.0. The van der Waals surface area contributed by atoms with Crippen molar-refractivity contribution in [2.75, 3.05) is 16.6 Å². The molecular formula is C30H31F2N4O3PS. The van der Waals surface area contributed by atoms with Crippen LogP contribution in [0.5, 0.6) is 5.88 Å². The van der Waals surface area contributed by atoms with Crippen LogP contribution in [-0.4, -0.2) is 30.6 Å². The molecule has 0 amide bonds. The molecule has 214 valence electrons. The average molecular weight is 597 g/mol. The van der Waals surface area contributed by atoms with E-state index in [9.17, 15) is 17.2 Å². The summed E-state index contributed by atoms with van der Waals surface area (Å²) < 4.78 is 63.9. The molecule has 0 spiro atoms. The number of aryl methyl sites for hydroxylation is 2. The van der Waals surface area contributed by atoms with Crippen molar-refractivity contribution >= 4 is 30.9 Å². The van der Waals surface area contributed by atoms with Crippen LogP contribution in [0, 0.1) is 13.8 Å². The van der Waals surface area contributed by atoms with Crippen molar-refractivity contribution in [2.24, 2.45) is 0 Å². The predicted octanol–water partition coefficient (Wildman–Crippen LogP) is 6.85. The second-order valence-electron chi connectivity index (χ2n) is 10.7. The highest BCUT2D eigenvalue weighted by Gasteiger charge is 2.43. The Morgan fingerprint density at radius 3 is 2.27 bits per heavy atom. The van der Waals surface area contributed by atoms with Crippen molar-refractivity contribution in [1.82, 2.24) is 9.97 Å². The summed E-state index contributed by atoms with van der Waals surface area (Å²) in [6.45, 7) is 7.14. The molecule has 0 saturated heterocycles. The van der Waals surface area contributed by atoms with Crippen LogP contribution >= 0.6 is 9.24 Å². The van der Waals surface area contributed by atoms with E-state index in [1.165, 1.54) is 26.0 Å². The minimum Gasteiger partial charge on any atom is -0.467 e. The highest BCUT2D eigenvalue weighted by atomic mass is 32.2. The summed E-state index contributed by atoms with van der Waals surface area (Å²) in [5.41, 5.74) is 0.635. The minimum atomic E-state index is -4.00. The second-order valence-corrected chi connectivity index (χ2v) is 13.1. The highest BCUT2D eigenvalue weighted by molar-refractivity contribution is 7.92. The number of hydrogen-bond donors (Lipinski definition) is 2. The summed E-state index contributed by atoms with van der Waals surface area (Å²) in [6.07, 6.45) is -0.600. The lowest BCUT2D eigenvalue weighted by Crippen LogP contribution is -2.34. The Kier molecular flexibility index (Phi) is 7.51. The first-order chi connectivity index (χ1) is 19.2. The number of nitrogens with zero attached hydrogens (tertiary/aromatic N) is 2. The molecule has 1 aliphatic rings. The summed E-state index contributed by atoms with van der Waals surface area (Å²) in [5.74, 6) is 0.0323. The number of rotatable bonds is 4. The fourth-order valence-electron chi connectivity index (χ4n) is 4.72. The molecule has 7 nitrogen and oxygen atoms in total. The summed E-state index contributed by atoms with van der Waals surface area (Å²) in [7, 11) is -2.37. The van der Waals surface area contributed by atoms with E-state index >= 15 is 0 Å². The second kappa shape index (κ2) is 10.7. The number of anilines is 2. The molecule has 4 aromatic rings. The number of fused-ring (bicyclic) bond motifs is 4. The zero-order chi connectivity index (χ0) is 29.6. The van der Waals surface area contributed by atoms with Crippen molar-refractivity contribution in [1.29, 1.82) is 0 Å². The van der Waals surface area contributed by atoms with Crippen LogP contribution in [0.4, 0.5) is 20.4 Å². The van der Waals surface area contributed by atoms with Crippen LogP contribution < -0.4 is 14.8 Å². The maximum absolute atomic E-state index is 14.3. The highest BCUT2D eigenvalue weighted by Crippen LogP contribution is 2.44. The van der Waals surface area contributed by atoms with E-state index in [-0.39, 0.29) is 23.3 Å². The van der Waals surface area contributed by atoms with E-state index < -0.39 is 27.2 Å². The molecule has 2 atom stereocenters. The summed E-state index contributed by atoms with van der Waals surface area (Å²) in [5, 5.41) is 3.25. The molecular weight excluding hydrogens is 565 g/mol. The number of hydrogen-bond acceptors (Lipinski definition) is 6. The lowest BCUT2D eigenvalue weighted by atomic mass is 9.84. The molecule has 5 rings (SSSR count). The number of sulfonamides is 1. The number of halogens is 2. The van der Waals surface area contributed by atoms with Crippen molar-refractivity contribution in [3.05, 3.63) is 95.1 Å². The summed E-state index contributed by atoms with van der Waals surface area (Å²) in [6, 6.07) is 20.8. The molecule has 4 bridgehead atoms. The van der Waals surface area contributed by atoms with Crippen molar-refractivity contribution in [3.8, 4) is 17.1 Å². The summed E-state index contributed by atoms with van der Waals surface area (Å²) >= 11 is 0. The molecule has 0 aliphatic carbocycles. The Labute approximate surface area is 241 Å². The first-order valence-corrected chi connectivity index (χ1v) is 15.1. The van der Waals surface area contributed by atoms with Crippen LogP contribution in [-0.2, 0) is 15.4 Å². The number of ether oxygens (including phenoxy) is 1.